The Morgan fingerprint density at radius 3 is 2.45 bits per heavy atom. The van der Waals surface area contributed by atoms with E-state index >= 15 is 0 Å². The Balaban J connectivity index is 3.14. The molecule has 120 valence electrons. The van der Waals surface area contributed by atoms with E-state index in [1.165, 1.54) is 19.2 Å². The lowest BCUT2D eigenvalue weighted by molar-refractivity contribution is -0.384. The molecular formula is C14H19N3O5. The molecule has 0 aliphatic heterocycles. The number of nitrogens with zero attached hydrogens (tertiary/aromatic N) is 1. The van der Waals surface area contributed by atoms with E-state index in [2.05, 4.69) is 10.6 Å². The van der Waals surface area contributed by atoms with Crippen molar-refractivity contribution in [2.75, 3.05) is 12.4 Å². The molecule has 22 heavy (non-hydrogen) atoms. The predicted octanol–water partition coefficient (Wildman–Crippen LogP) is 1.87. The van der Waals surface area contributed by atoms with E-state index in [-0.39, 0.29) is 22.9 Å². The number of nitro benzene ring substituents is 1. The zero-order chi connectivity index (χ0) is 16.9. The van der Waals surface area contributed by atoms with Gasteiger partial charge in [0.2, 0.25) is 0 Å². The van der Waals surface area contributed by atoms with Gasteiger partial charge in [0.1, 0.15) is 11.7 Å². The summed E-state index contributed by atoms with van der Waals surface area (Å²) in [6.45, 7) is 3.72. The molecule has 1 amide bonds. The van der Waals surface area contributed by atoms with Gasteiger partial charge in [0.25, 0.3) is 11.6 Å². The Hall–Kier alpha value is -2.64. The fourth-order valence-electron chi connectivity index (χ4n) is 1.97. The smallest absolute Gasteiger partial charge is 0.326 e. The highest BCUT2D eigenvalue weighted by atomic mass is 16.6. The maximum absolute atomic E-state index is 11.5. The second-order valence-corrected chi connectivity index (χ2v) is 5.23. The van der Waals surface area contributed by atoms with Gasteiger partial charge in [0, 0.05) is 18.7 Å². The number of hydrogen-bond acceptors (Lipinski definition) is 5. The van der Waals surface area contributed by atoms with E-state index in [1.54, 1.807) is 0 Å². The third-order valence-corrected chi connectivity index (χ3v) is 3.02. The largest absolute Gasteiger partial charge is 0.480 e. The standard InChI is InChI=1S/C14H19N3O5/c1-8(2)6-11(14(19)20)16-10-5-4-9(13(18)15-3)7-12(10)17(21)22/h4-5,7-8,11,16H,6H2,1-3H3,(H,15,18)(H,19,20)/t11-/m0/s1. The van der Waals surface area contributed by atoms with Gasteiger partial charge < -0.3 is 15.7 Å². The monoisotopic (exact) mass is 309 g/mol. The van der Waals surface area contributed by atoms with Crippen LogP contribution >= 0.6 is 0 Å². The van der Waals surface area contributed by atoms with E-state index in [1.807, 2.05) is 13.8 Å². The topological polar surface area (TPSA) is 122 Å². The number of carbonyl (C=O) groups is 2. The molecule has 8 nitrogen and oxygen atoms in total. The molecule has 1 aromatic carbocycles. The number of nitro groups is 1. The molecule has 0 spiro atoms. The second-order valence-electron chi connectivity index (χ2n) is 5.23. The number of amides is 1. The lowest BCUT2D eigenvalue weighted by Gasteiger charge is -2.17. The van der Waals surface area contributed by atoms with Gasteiger partial charge in [-0.1, -0.05) is 13.8 Å². The molecule has 0 aliphatic rings. The fraction of sp³-hybridized carbons (Fsp3) is 0.429. The molecule has 0 aliphatic carbocycles. The van der Waals surface area contributed by atoms with Gasteiger partial charge in [-0.2, -0.15) is 0 Å². The van der Waals surface area contributed by atoms with Gasteiger partial charge in [-0.05, 0) is 24.5 Å². The van der Waals surface area contributed by atoms with Crippen LogP contribution in [0.25, 0.3) is 0 Å². The number of carboxylic acid groups (broad SMARTS) is 1. The van der Waals surface area contributed by atoms with E-state index in [0.29, 0.717) is 6.42 Å². The van der Waals surface area contributed by atoms with Crippen LogP contribution in [-0.4, -0.2) is 35.0 Å². The average molecular weight is 309 g/mol. The Bertz CT molecular complexity index is 586. The van der Waals surface area contributed by atoms with Crippen LogP contribution < -0.4 is 10.6 Å². The van der Waals surface area contributed by atoms with Crippen LogP contribution in [0.2, 0.25) is 0 Å². The van der Waals surface area contributed by atoms with Gasteiger partial charge in [0.15, 0.2) is 0 Å². The molecule has 8 heteroatoms. The van der Waals surface area contributed by atoms with Crippen LogP contribution in [0.5, 0.6) is 0 Å². The number of benzene rings is 1. The molecule has 0 radical (unpaired) electrons. The Labute approximate surface area is 127 Å². The zero-order valence-electron chi connectivity index (χ0n) is 12.6. The molecule has 3 N–H and O–H groups in total. The van der Waals surface area contributed by atoms with Crippen LogP contribution in [0.4, 0.5) is 11.4 Å². The predicted molar refractivity (Wildman–Crippen MR) is 81.0 cm³/mol. The zero-order valence-corrected chi connectivity index (χ0v) is 12.6. The number of hydrogen-bond donors (Lipinski definition) is 3. The first-order chi connectivity index (χ1) is 10.3. The van der Waals surface area contributed by atoms with Crippen molar-refractivity contribution in [3.05, 3.63) is 33.9 Å². The molecule has 0 bridgehead atoms. The van der Waals surface area contributed by atoms with Crippen molar-refractivity contribution < 1.29 is 19.6 Å². The highest BCUT2D eigenvalue weighted by Crippen LogP contribution is 2.27. The minimum absolute atomic E-state index is 0.0747. The second kappa shape index (κ2) is 7.39. The van der Waals surface area contributed by atoms with E-state index < -0.39 is 22.8 Å². The summed E-state index contributed by atoms with van der Waals surface area (Å²) < 4.78 is 0. The Kier molecular flexibility index (Phi) is 5.85. The summed E-state index contributed by atoms with van der Waals surface area (Å²) in [5, 5.41) is 25.4. The maximum atomic E-state index is 11.5. The van der Waals surface area contributed by atoms with Crippen LogP contribution in [0.1, 0.15) is 30.6 Å². The SMILES string of the molecule is CNC(=O)c1ccc(N[C@@H](CC(C)C)C(=O)O)c([N+](=O)[O-])c1. The number of rotatable bonds is 7. The molecule has 1 atom stereocenters. The van der Waals surface area contributed by atoms with Gasteiger partial charge in [-0.15, -0.1) is 0 Å². The Morgan fingerprint density at radius 1 is 1.36 bits per heavy atom. The van der Waals surface area contributed by atoms with Crippen molar-refractivity contribution in [3.8, 4) is 0 Å². The summed E-state index contributed by atoms with van der Waals surface area (Å²) in [6, 6.07) is 2.93. The number of carboxylic acids is 1. The molecular weight excluding hydrogens is 290 g/mol. The fourth-order valence-corrected chi connectivity index (χ4v) is 1.97. The van der Waals surface area contributed by atoms with E-state index in [0.717, 1.165) is 6.07 Å². The first-order valence-electron chi connectivity index (χ1n) is 6.76. The number of carbonyl (C=O) groups excluding carboxylic acids is 1. The Morgan fingerprint density at radius 2 is 2.00 bits per heavy atom. The van der Waals surface area contributed by atoms with E-state index in [4.69, 9.17) is 0 Å². The van der Waals surface area contributed by atoms with Crippen molar-refractivity contribution in [1.82, 2.24) is 5.32 Å². The van der Waals surface area contributed by atoms with Crippen molar-refractivity contribution in [2.24, 2.45) is 5.92 Å². The average Bonchev–Trinajstić information content (AvgIpc) is 2.45. The molecule has 0 fully saturated rings. The van der Waals surface area contributed by atoms with Crippen molar-refractivity contribution in [3.63, 3.8) is 0 Å². The van der Waals surface area contributed by atoms with E-state index in [9.17, 15) is 24.8 Å². The normalized spacial score (nSPS) is 11.8. The van der Waals surface area contributed by atoms with Crippen LogP contribution in [0.15, 0.2) is 18.2 Å². The lowest BCUT2D eigenvalue weighted by Crippen LogP contribution is -2.31. The maximum Gasteiger partial charge on any atom is 0.326 e. The molecule has 0 unspecified atom stereocenters. The summed E-state index contributed by atoms with van der Waals surface area (Å²) in [5.74, 6) is -1.43. The van der Waals surface area contributed by atoms with Gasteiger partial charge in [-0.25, -0.2) is 4.79 Å². The minimum atomic E-state index is -1.08. The highest BCUT2D eigenvalue weighted by molar-refractivity contribution is 5.95. The van der Waals surface area contributed by atoms with Crippen LogP contribution in [0.3, 0.4) is 0 Å². The molecule has 0 aromatic heterocycles. The van der Waals surface area contributed by atoms with Crippen LogP contribution in [-0.2, 0) is 4.79 Å². The quantitative estimate of drug-likeness (QED) is 0.522. The first-order valence-corrected chi connectivity index (χ1v) is 6.76. The minimum Gasteiger partial charge on any atom is -0.480 e. The van der Waals surface area contributed by atoms with Crippen molar-refractivity contribution in [1.29, 1.82) is 0 Å². The highest BCUT2D eigenvalue weighted by Gasteiger charge is 2.24. The molecule has 0 heterocycles. The summed E-state index contributed by atoms with van der Waals surface area (Å²) in [5.41, 5.74) is -0.128. The lowest BCUT2D eigenvalue weighted by atomic mass is 10.0. The molecule has 1 aromatic rings. The third-order valence-electron chi connectivity index (χ3n) is 3.02. The number of anilines is 1. The first kappa shape index (κ1) is 17.4. The molecule has 0 saturated carbocycles. The summed E-state index contributed by atoms with van der Waals surface area (Å²) in [4.78, 5) is 33.3. The number of nitrogens with one attached hydrogen (secondary N) is 2. The summed E-state index contributed by atoms with van der Waals surface area (Å²) in [6.07, 6.45) is 0.323. The molecule has 0 saturated heterocycles. The summed E-state index contributed by atoms with van der Waals surface area (Å²) >= 11 is 0. The molecule has 1 rings (SSSR count). The van der Waals surface area contributed by atoms with Gasteiger partial charge >= 0.3 is 5.97 Å². The van der Waals surface area contributed by atoms with Gasteiger partial charge in [0.05, 0.1) is 4.92 Å². The van der Waals surface area contributed by atoms with Crippen molar-refractivity contribution in [2.45, 2.75) is 26.3 Å². The third kappa shape index (κ3) is 4.44. The number of aliphatic carboxylic acids is 1. The van der Waals surface area contributed by atoms with Crippen LogP contribution in [0, 0.1) is 16.0 Å². The summed E-state index contributed by atoms with van der Waals surface area (Å²) in [7, 11) is 1.42. The van der Waals surface area contributed by atoms with Gasteiger partial charge in [-0.3, -0.25) is 14.9 Å². The van der Waals surface area contributed by atoms with Crippen molar-refractivity contribution >= 4 is 23.3 Å².